The zero-order valence-corrected chi connectivity index (χ0v) is 15.4. The second-order valence-corrected chi connectivity index (χ2v) is 6.75. The van der Waals surface area contributed by atoms with E-state index in [4.69, 9.17) is 0 Å². The van der Waals surface area contributed by atoms with E-state index in [1.807, 2.05) is 30.3 Å². The number of carbonyl (C=O) groups is 2. The highest BCUT2D eigenvalue weighted by molar-refractivity contribution is 7.16. The molecule has 1 N–H and O–H groups in total. The molecule has 2 heterocycles. The van der Waals surface area contributed by atoms with Crippen molar-refractivity contribution in [3.8, 4) is 11.3 Å². The number of hydrogen-bond acceptors (Lipinski definition) is 7. The molecule has 0 fully saturated rings. The molecule has 0 aliphatic heterocycles. The second-order valence-electron chi connectivity index (χ2n) is 5.54. The molecule has 0 spiro atoms. The van der Waals surface area contributed by atoms with Gasteiger partial charge in [0.05, 0.1) is 12.8 Å². The number of amides is 1. The Kier molecular flexibility index (Phi) is 5.41. The molecule has 0 aliphatic rings. The molecule has 2 aromatic heterocycles. The van der Waals surface area contributed by atoms with Crippen molar-refractivity contribution in [3.05, 3.63) is 63.4 Å². The van der Waals surface area contributed by atoms with Crippen molar-refractivity contribution in [3.63, 3.8) is 0 Å². The number of benzene rings is 1. The molecule has 9 heteroatoms. The molecule has 0 saturated heterocycles. The number of ether oxygens (including phenoxy) is 1. The zero-order chi connectivity index (χ0) is 19.4. The van der Waals surface area contributed by atoms with Crippen molar-refractivity contribution < 1.29 is 14.3 Å². The molecule has 1 aromatic carbocycles. The smallest absolute Gasteiger partial charge is 0.357 e. The summed E-state index contributed by atoms with van der Waals surface area (Å²) in [5.74, 6) is -1.04. The molecule has 138 valence electrons. The van der Waals surface area contributed by atoms with E-state index >= 15 is 0 Å². The summed E-state index contributed by atoms with van der Waals surface area (Å²) in [5.41, 5.74) is 1.18. The fraction of sp³-hybridized carbons (Fsp3) is 0.167. The highest BCUT2D eigenvalue weighted by atomic mass is 32.1. The van der Waals surface area contributed by atoms with Gasteiger partial charge in [-0.15, -0.1) is 11.3 Å². The number of aryl methyl sites for hydroxylation is 1. The number of aromatic nitrogens is 3. The molecule has 1 amide bonds. The Morgan fingerprint density at radius 1 is 1.19 bits per heavy atom. The van der Waals surface area contributed by atoms with E-state index in [1.165, 1.54) is 13.2 Å². The average molecular weight is 384 g/mol. The topological polar surface area (TPSA) is 103 Å². The third kappa shape index (κ3) is 4.26. The number of anilines is 1. The molecule has 0 saturated carbocycles. The van der Waals surface area contributed by atoms with E-state index in [0.29, 0.717) is 10.6 Å². The van der Waals surface area contributed by atoms with Crippen LogP contribution in [0.25, 0.3) is 11.3 Å². The molecule has 0 bridgehead atoms. The molecular weight excluding hydrogens is 368 g/mol. The average Bonchev–Trinajstić information content (AvgIpc) is 3.03. The summed E-state index contributed by atoms with van der Waals surface area (Å²) >= 11 is 1.15. The van der Waals surface area contributed by atoms with Gasteiger partial charge >= 0.3 is 5.97 Å². The molecular formula is C18H16N4O4S. The molecule has 0 aliphatic carbocycles. The predicted octanol–water partition coefficient (Wildman–Crippen LogP) is 2.10. The van der Waals surface area contributed by atoms with Crippen LogP contribution in [0.3, 0.4) is 0 Å². The minimum absolute atomic E-state index is 0.152. The zero-order valence-electron chi connectivity index (χ0n) is 14.6. The molecule has 3 rings (SSSR count). The standard InChI is InChI=1S/C18H16N4O4S/c1-11-16(17(25)26-2)20-18(27-11)19-14(23)10-22-15(24)9-8-13(21-22)12-6-4-3-5-7-12/h3-9H,10H2,1-2H3,(H,19,20,23). The van der Waals surface area contributed by atoms with Crippen molar-refractivity contribution in [1.82, 2.24) is 14.8 Å². The molecule has 3 aromatic rings. The van der Waals surface area contributed by atoms with Gasteiger partial charge in [-0.05, 0) is 13.0 Å². The Morgan fingerprint density at radius 2 is 1.93 bits per heavy atom. The number of thiazole rings is 1. The van der Waals surface area contributed by atoms with Crippen molar-refractivity contribution in [2.75, 3.05) is 12.4 Å². The molecule has 0 radical (unpaired) electrons. The quantitative estimate of drug-likeness (QED) is 0.676. The van der Waals surface area contributed by atoms with Crippen LogP contribution in [-0.4, -0.2) is 33.8 Å². The van der Waals surface area contributed by atoms with Crippen LogP contribution >= 0.6 is 11.3 Å². The van der Waals surface area contributed by atoms with Crippen molar-refractivity contribution in [1.29, 1.82) is 0 Å². The second kappa shape index (κ2) is 7.92. The van der Waals surface area contributed by atoms with Gasteiger partial charge in [-0.3, -0.25) is 9.59 Å². The first-order valence-corrected chi connectivity index (χ1v) is 8.79. The minimum Gasteiger partial charge on any atom is -0.464 e. The van der Waals surface area contributed by atoms with E-state index in [9.17, 15) is 14.4 Å². The first kappa shape index (κ1) is 18.5. The van der Waals surface area contributed by atoms with Crippen molar-refractivity contribution >= 4 is 28.3 Å². The molecule has 0 atom stereocenters. The lowest BCUT2D eigenvalue weighted by atomic mass is 10.1. The minimum atomic E-state index is -0.572. The van der Waals surface area contributed by atoms with Gasteiger partial charge < -0.3 is 10.1 Å². The molecule has 0 unspecified atom stereocenters. The number of hydrogen-bond donors (Lipinski definition) is 1. The van der Waals surface area contributed by atoms with Crippen molar-refractivity contribution in [2.45, 2.75) is 13.5 Å². The summed E-state index contributed by atoms with van der Waals surface area (Å²) in [4.78, 5) is 40.6. The van der Waals surface area contributed by atoms with Gasteiger partial charge in [0.15, 0.2) is 10.8 Å². The predicted molar refractivity (Wildman–Crippen MR) is 101 cm³/mol. The SMILES string of the molecule is COC(=O)c1nc(NC(=O)Cn2nc(-c3ccccc3)ccc2=O)sc1C. The highest BCUT2D eigenvalue weighted by Crippen LogP contribution is 2.22. The van der Waals surface area contributed by atoms with Crippen LogP contribution in [0.2, 0.25) is 0 Å². The number of nitrogens with zero attached hydrogens (tertiary/aromatic N) is 3. The van der Waals surface area contributed by atoms with Crippen LogP contribution in [0.4, 0.5) is 5.13 Å². The van der Waals surface area contributed by atoms with Gasteiger partial charge in [-0.25, -0.2) is 14.5 Å². The lowest BCUT2D eigenvalue weighted by Crippen LogP contribution is -2.29. The Labute approximate surface area is 158 Å². The maximum atomic E-state index is 12.3. The highest BCUT2D eigenvalue weighted by Gasteiger charge is 2.17. The van der Waals surface area contributed by atoms with E-state index < -0.39 is 17.4 Å². The van der Waals surface area contributed by atoms with Crippen LogP contribution in [0.1, 0.15) is 15.4 Å². The third-order valence-electron chi connectivity index (χ3n) is 3.65. The lowest BCUT2D eigenvalue weighted by Gasteiger charge is -2.07. The van der Waals surface area contributed by atoms with E-state index in [2.05, 4.69) is 20.1 Å². The Morgan fingerprint density at radius 3 is 2.63 bits per heavy atom. The van der Waals surface area contributed by atoms with Gasteiger partial charge in [0, 0.05) is 16.5 Å². The van der Waals surface area contributed by atoms with E-state index in [-0.39, 0.29) is 17.4 Å². The number of nitrogens with one attached hydrogen (secondary N) is 1. The fourth-order valence-electron chi connectivity index (χ4n) is 2.36. The maximum Gasteiger partial charge on any atom is 0.357 e. The van der Waals surface area contributed by atoms with Crippen molar-refractivity contribution in [2.24, 2.45) is 0 Å². The third-order valence-corrected chi connectivity index (χ3v) is 4.54. The molecule has 27 heavy (non-hydrogen) atoms. The largest absolute Gasteiger partial charge is 0.464 e. The molecule has 8 nitrogen and oxygen atoms in total. The number of esters is 1. The summed E-state index contributed by atoms with van der Waals surface area (Å²) in [6, 6.07) is 12.3. The first-order chi connectivity index (χ1) is 13.0. The summed E-state index contributed by atoms with van der Waals surface area (Å²) in [5, 5.41) is 7.07. The number of rotatable bonds is 5. The maximum absolute atomic E-state index is 12.3. The number of methoxy groups -OCH3 is 1. The Balaban J connectivity index is 1.77. The number of carbonyl (C=O) groups excluding carboxylic acids is 2. The van der Waals surface area contributed by atoms with Crippen LogP contribution in [0, 0.1) is 6.92 Å². The summed E-state index contributed by atoms with van der Waals surface area (Å²) in [6.45, 7) is 1.43. The van der Waals surface area contributed by atoms with Gasteiger partial charge in [0.1, 0.15) is 6.54 Å². The Bertz CT molecular complexity index is 1040. The van der Waals surface area contributed by atoms with Crippen LogP contribution in [-0.2, 0) is 16.1 Å². The first-order valence-electron chi connectivity index (χ1n) is 7.97. The summed E-state index contributed by atoms with van der Waals surface area (Å²) in [6.07, 6.45) is 0. The normalized spacial score (nSPS) is 10.4. The van der Waals surface area contributed by atoms with Gasteiger partial charge in [-0.1, -0.05) is 30.3 Å². The summed E-state index contributed by atoms with van der Waals surface area (Å²) in [7, 11) is 1.26. The van der Waals surface area contributed by atoms with E-state index in [1.54, 1.807) is 13.0 Å². The van der Waals surface area contributed by atoms with Gasteiger partial charge in [-0.2, -0.15) is 5.10 Å². The van der Waals surface area contributed by atoms with Crippen LogP contribution < -0.4 is 10.9 Å². The van der Waals surface area contributed by atoms with Gasteiger partial charge in [0.2, 0.25) is 5.91 Å². The monoisotopic (exact) mass is 384 g/mol. The lowest BCUT2D eigenvalue weighted by molar-refractivity contribution is -0.117. The summed E-state index contributed by atoms with van der Waals surface area (Å²) < 4.78 is 5.72. The van der Waals surface area contributed by atoms with Crippen LogP contribution in [0.15, 0.2) is 47.3 Å². The Hall–Kier alpha value is -3.33. The fourth-order valence-corrected chi connectivity index (χ4v) is 3.17. The van der Waals surface area contributed by atoms with Gasteiger partial charge in [0.25, 0.3) is 5.56 Å². The van der Waals surface area contributed by atoms with E-state index in [0.717, 1.165) is 21.6 Å². The van der Waals surface area contributed by atoms with Crippen LogP contribution in [0.5, 0.6) is 0 Å².